The molecule has 0 aliphatic carbocycles. The number of amides is 1. The van der Waals surface area contributed by atoms with E-state index in [0.29, 0.717) is 22.1 Å². The molecular weight excluding hydrogens is 274 g/mol. The molecule has 1 aromatic heterocycles. The van der Waals surface area contributed by atoms with E-state index in [2.05, 4.69) is 10.3 Å². The van der Waals surface area contributed by atoms with Crippen molar-refractivity contribution in [1.29, 1.82) is 0 Å². The summed E-state index contributed by atoms with van der Waals surface area (Å²) in [4.78, 5) is 17.0. The van der Waals surface area contributed by atoms with E-state index in [9.17, 15) is 4.79 Å². The zero-order valence-corrected chi connectivity index (χ0v) is 12.0. The Labute approximate surface area is 121 Å². The highest BCUT2D eigenvalue weighted by molar-refractivity contribution is 7.17. The van der Waals surface area contributed by atoms with Crippen LogP contribution in [0.4, 0.5) is 5.13 Å². The lowest BCUT2D eigenvalue weighted by atomic mass is 10.1. The van der Waals surface area contributed by atoms with E-state index in [1.54, 1.807) is 0 Å². The zero-order chi connectivity index (χ0) is 14.5. The second-order valence-electron chi connectivity index (χ2n) is 4.36. The minimum Gasteiger partial charge on any atom is -0.394 e. The first kappa shape index (κ1) is 14.5. The Morgan fingerprint density at radius 3 is 2.75 bits per heavy atom. The Morgan fingerprint density at radius 1 is 1.45 bits per heavy atom. The summed E-state index contributed by atoms with van der Waals surface area (Å²) in [5.41, 5.74) is 7.16. The van der Waals surface area contributed by atoms with Gasteiger partial charge in [-0.25, -0.2) is 4.98 Å². The number of carbonyl (C=O) groups excluding carboxylic acids is 1. The van der Waals surface area contributed by atoms with Crippen LogP contribution in [0.1, 0.15) is 23.0 Å². The van der Waals surface area contributed by atoms with Crippen LogP contribution in [0.5, 0.6) is 0 Å². The molecule has 0 bridgehead atoms. The van der Waals surface area contributed by atoms with Crippen molar-refractivity contribution < 1.29 is 9.90 Å². The number of thiazole rings is 1. The number of hydrogen-bond donors (Lipinski definition) is 3. The van der Waals surface area contributed by atoms with E-state index < -0.39 is 0 Å². The summed E-state index contributed by atoms with van der Waals surface area (Å²) in [7, 11) is 0. The molecule has 0 aliphatic heterocycles. The van der Waals surface area contributed by atoms with E-state index in [1.807, 2.05) is 37.3 Å². The number of benzene rings is 1. The maximum Gasteiger partial charge on any atom is 0.264 e. The van der Waals surface area contributed by atoms with E-state index in [1.165, 1.54) is 0 Å². The number of nitrogen functional groups attached to an aromatic ring is 1. The molecule has 1 atom stereocenters. The monoisotopic (exact) mass is 291 g/mol. The first-order chi connectivity index (χ1) is 9.65. The van der Waals surface area contributed by atoms with Crippen molar-refractivity contribution in [2.24, 2.45) is 0 Å². The number of aromatic nitrogens is 1. The normalized spacial score (nSPS) is 12.1. The van der Waals surface area contributed by atoms with Gasteiger partial charge in [-0.2, -0.15) is 0 Å². The van der Waals surface area contributed by atoms with Crippen LogP contribution >= 0.6 is 11.3 Å². The fourth-order valence-corrected chi connectivity index (χ4v) is 2.57. The standard InChI is InChI=1S/C14H17N3O2S/c1-2-10(8-18)16-13(19)12-11(17-14(15)20-12)9-6-4-3-5-7-9/h3-7,10,18H,2,8H2,1H3,(H2,15,17)(H,16,19). The van der Waals surface area contributed by atoms with Crippen LogP contribution in [0.15, 0.2) is 30.3 Å². The van der Waals surface area contributed by atoms with Gasteiger partial charge in [-0.15, -0.1) is 0 Å². The highest BCUT2D eigenvalue weighted by atomic mass is 32.1. The highest BCUT2D eigenvalue weighted by Crippen LogP contribution is 2.29. The fourth-order valence-electron chi connectivity index (χ4n) is 1.81. The molecule has 6 heteroatoms. The summed E-state index contributed by atoms with van der Waals surface area (Å²) in [5, 5.41) is 12.3. The number of aliphatic hydroxyl groups is 1. The highest BCUT2D eigenvalue weighted by Gasteiger charge is 2.20. The van der Waals surface area contributed by atoms with E-state index in [-0.39, 0.29) is 18.6 Å². The van der Waals surface area contributed by atoms with Crippen LogP contribution < -0.4 is 11.1 Å². The van der Waals surface area contributed by atoms with Crippen molar-refractivity contribution in [1.82, 2.24) is 10.3 Å². The van der Waals surface area contributed by atoms with Gasteiger partial charge in [-0.05, 0) is 6.42 Å². The van der Waals surface area contributed by atoms with Gasteiger partial charge in [0.25, 0.3) is 5.91 Å². The molecular formula is C14H17N3O2S. The third kappa shape index (κ3) is 3.15. The molecule has 0 aliphatic rings. The Balaban J connectivity index is 2.31. The lowest BCUT2D eigenvalue weighted by molar-refractivity contribution is 0.0919. The van der Waals surface area contributed by atoms with Gasteiger partial charge < -0.3 is 16.2 Å². The van der Waals surface area contributed by atoms with Crippen LogP contribution in [-0.2, 0) is 0 Å². The number of hydrogen-bond acceptors (Lipinski definition) is 5. The summed E-state index contributed by atoms with van der Waals surface area (Å²) in [6, 6.07) is 9.18. The molecule has 106 valence electrons. The van der Waals surface area contributed by atoms with Crippen LogP contribution in [0, 0.1) is 0 Å². The van der Waals surface area contributed by atoms with E-state index in [0.717, 1.165) is 16.9 Å². The van der Waals surface area contributed by atoms with Crippen molar-refractivity contribution >= 4 is 22.4 Å². The largest absolute Gasteiger partial charge is 0.394 e. The second-order valence-corrected chi connectivity index (χ2v) is 5.39. The molecule has 0 fully saturated rings. The number of anilines is 1. The first-order valence-electron chi connectivity index (χ1n) is 6.39. The molecule has 0 saturated heterocycles. The molecule has 0 saturated carbocycles. The molecule has 4 N–H and O–H groups in total. The van der Waals surface area contributed by atoms with Crippen molar-refractivity contribution in [3.05, 3.63) is 35.2 Å². The minimum atomic E-state index is -0.255. The van der Waals surface area contributed by atoms with Crippen molar-refractivity contribution in [2.45, 2.75) is 19.4 Å². The average molecular weight is 291 g/mol. The second kappa shape index (κ2) is 6.49. The van der Waals surface area contributed by atoms with Gasteiger partial charge in [0.15, 0.2) is 5.13 Å². The number of nitrogens with zero attached hydrogens (tertiary/aromatic N) is 1. The van der Waals surface area contributed by atoms with E-state index in [4.69, 9.17) is 10.8 Å². The molecule has 2 rings (SSSR count). The number of carbonyl (C=O) groups is 1. The Kier molecular flexibility index (Phi) is 4.70. The quantitative estimate of drug-likeness (QED) is 0.785. The lowest BCUT2D eigenvalue weighted by Crippen LogP contribution is -2.36. The van der Waals surface area contributed by atoms with Crippen molar-refractivity contribution in [2.75, 3.05) is 12.3 Å². The Bertz CT molecular complexity index is 579. The molecule has 0 spiro atoms. The van der Waals surface area contributed by atoms with Crippen LogP contribution in [0.25, 0.3) is 11.3 Å². The summed E-state index contributed by atoms with van der Waals surface area (Å²) in [5.74, 6) is -0.251. The lowest BCUT2D eigenvalue weighted by Gasteiger charge is -2.13. The van der Waals surface area contributed by atoms with Gasteiger partial charge in [0.05, 0.1) is 18.3 Å². The molecule has 0 radical (unpaired) electrons. The minimum absolute atomic E-state index is 0.0861. The number of rotatable bonds is 5. The number of aliphatic hydroxyl groups excluding tert-OH is 1. The average Bonchev–Trinajstić information content (AvgIpc) is 2.87. The summed E-state index contributed by atoms with van der Waals surface area (Å²) < 4.78 is 0. The molecule has 5 nitrogen and oxygen atoms in total. The van der Waals surface area contributed by atoms with Crippen LogP contribution in [0.2, 0.25) is 0 Å². The SMILES string of the molecule is CCC(CO)NC(=O)c1sc(N)nc1-c1ccccc1. The van der Waals surface area contributed by atoms with Gasteiger partial charge in [0, 0.05) is 5.56 Å². The molecule has 1 heterocycles. The van der Waals surface area contributed by atoms with Gasteiger partial charge in [-0.3, -0.25) is 4.79 Å². The Morgan fingerprint density at radius 2 is 2.15 bits per heavy atom. The van der Waals surface area contributed by atoms with Gasteiger partial charge in [-0.1, -0.05) is 48.6 Å². The molecule has 2 aromatic rings. The van der Waals surface area contributed by atoms with Gasteiger partial charge >= 0.3 is 0 Å². The van der Waals surface area contributed by atoms with Crippen molar-refractivity contribution in [3.8, 4) is 11.3 Å². The van der Waals surface area contributed by atoms with Gasteiger partial charge in [0.2, 0.25) is 0 Å². The molecule has 20 heavy (non-hydrogen) atoms. The maximum atomic E-state index is 12.3. The predicted octanol–water partition coefficient (Wildman–Crippen LogP) is 1.89. The summed E-state index contributed by atoms with van der Waals surface area (Å²) >= 11 is 1.15. The zero-order valence-electron chi connectivity index (χ0n) is 11.2. The third-order valence-corrected chi connectivity index (χ3v) is 3.83. The van der Waals surface area contributed by atoms with Gasteiger partial charge in [0.1, 0.15) is 4.88 Å². The first-order valence-corrected chi connectivity index (χ1v) is 7.20. The van der Waals surface area contributed by atoms with Crippen LogP contribution in [-0.4, -0.2) is 28.6 Å². The van der Waals surface area contributed by atoms with E-state index >= 15 is 0 Å². The molecule has 1 unspecified atom stereocenters. The number of nitrogens with two attached hydrogens (primary N) is 1. The Hall–Kier alpha value is -1.92. The third-order valence-electron chi connectivity index (χ3n) is 2.95. The summed E-state index contributed by atoms with van der Waals surface area (Å²) in [6.07, 6.45) is 0.664. The molecule has 1 aromatic carbocycles. The van der Waals surface area contributed by atoms with Crippen molar-refractivity contribution in [3.63, 3.8) is 0 Å². The number of nitrogens with one attached hydrogen (secondary N) is 1. The molecule has 1 amide bonds. The smallest absolute Gasteiger partial charge is 0.264 e. The fraction of sp³-hybridized carbons (Fsp3) is 0.286. The van der Waals surface area contributed by atoms with Crippen LogP contribution in [0.3, 0.4) is 0 Å². The topological polar surface area (TPSA) is 88.2 Å². The summed E-state index contributed by atoms with van der Waals surface area (Å²) in [6.45, 7) is 1.82. The maximum absolute atomic E-state index is 12.3. The predicted molar refractivity (Wildman–Crippen MR) is 80.6 cm³/mol.